The van der Waals surface area contributed by atoms with E-state index >= 15 is 0 Å². The summed E-state index contributed by atoms with van der Waals surface area (Å²) in [6.07, 6.45) is 0. The van der Waals surface area contributed by atoms with Crippen molar-refractivity contribution >= 4 is 17.2 Å². The number of halogens is 1. The second-order valence-electron chi connectivity index (χ2n) is 5.93. The van der Waals surface area contributed by atoms with Gasteiger partial charge in [0, 0.05) is 11.1 Å². The minimum Gasteiger partial charge on any atom is -0.477 e. The van der Waals surface area contributed by atoms with Crippen molar-refractivity contribution < 1.29 is 9.67 Å². The molecule has 26 heavy (non-hydrogen) atoms. The SMILES string of the molecule is Cc1ccc2n(n1)c(=O)c(-c1ccccc1)c(O)[n+]2-c1ccc(Cl)cc1. The zero-order valence-corrected chi connectivity index (χ0v) is 14.7. The van der Waals surface area contributed by atoms with E-state index in [4.69, 9.17) is 11.6 Å². The van der Waals surface area contributed by atoms with Gasteiger partial charge in [-0.25, -0.2) is 4.79 Å². The highest BCUT2D eigenvalue weighted by Crippen LogP contribution is 2.24. The van der Waals surface area contributed by atoms with Crippen molar-refractivity contribution in [1.82, 2.24) is 9.61 Å². The average molecular weight is 365 g/mol. The first-order valence-corrected chi connectivity index (χ1v) is 8.43. The molecule has 2 aromatic heterocycles. The Morgan fingerprint density at radius 1 is 1.00 bits per heavy atom. The van der Waals surface area contributed by atoms with Gasteiger partial charge in [0.05, 0.1) is 5.69 Å². The maximum absolute atomic E-state index is 13.0. The molecule has 0 atom stereocenters. The summed E-state index contributed by atoms with van der Waals surface area (Å²) in [7, 11) is 0. The molecule has 128 valence electrons. The topological polar surface area (TPSA) is 58.5 Å². The van der Waals surface area contributed by atoms with Gasteiger partial charge in [-0.2, -0.15) is 4.57 Å². The van der Waals surface area contributed by atoms with Crippen LogP contribution >= 0.6 is 11.6 Å². The van der Waals surface area contributed by atoms with Gasteiger partial charge in [-0.15, -0.1) is 0 Å². The third-order valence-electron chi connectivity index (χ3n) is 4.17. The van der Waals surface area contributed by atoms with Crippen LogP contribution in [0.5, 0.6) is 5.88 Å². The normalized spacial score (nSPS) is 11.0. The van der Waals surface area contributed by atoms with Crippen molar-refractivity contribution in [2.75, 3.05) is 0 Å². The van der Waals surface area contributed by atoms with Crippen LogP contribution in [0.15, 0.2) is 71.5 Å². The summed E-state index contributed by atoms with van der Waals surface area (Å²) in [5.74, 6) is -0.144. The van der Waals surface area contributed by atoms with Crippen LogP contribution in [0.3, 0.4) is 0 Å². The van der Waals surface area contributed by atoms with E-state index in [9.17, 15) is 9.90 Å². The van der Waals surface area contributed by atoms with E-state index < -0.39 is 0 Å². The van der Waals surface area contributed by atoms with Crippen molar-refractivity contribution in [3.8, 4) is 22.7 Å². The lowest BCUT2D eigenvalue weighted by atomic mass is 10.1. The Morgan fingerprint density at radius 2 is 1.69 bits per heavy atom. The van der Waals surface area contributed by atoms with Gasteiger partial charge < -0.3 is 5.11 Å². The average Bonchev–Trinajstić information content (AvgIpc) is 2.65. The monoisotopic (exact) mass is 364 g/mol. The summed E-state index contributed by atoms with van der Waals surface area (Å²) >= 11 is 5.99. The molecule has 2 aromatic carbocycles. The fourth-order valence-corrected chi connectivity index (χ4v) is 3.08. The molecule has 0 spiro atoms. The van der Waals surface area contributed by atoms with Crippen molar-refractivity contribution in [2.45, 2.75) is 6.92 Å². The van der Waals surface area contributed by atoms with Gasteiger partial charge in [-0.3, -0.25) is 0 Å². The molecule has 4 rings (SSSR count). The molecule has 0 amide bonds. The van der Waals surface area contributed by atoms with E-state index in [0.29, 0.717) is 27.6 Å². The number of aromatic nitrogens is 3. The molecule has 0 aliphatic rings. The lowest BCUT2D eigenvalue weighted by Gasteiger charge is -2.09. The Balaban J connectivity index is 2.17. The van der Waals surface area contributed by atoms with E-state index in [1.54, 1.807) is 53.1 Å². The van der Waals surface area contributed by atoms with Crippen LogP contribution in [0.4, 0.5) is 0 Å². The highest BCUT2D eigenvalue weighted by molar-refractivity contribution is 6.30. The molecule has 0 aliphatic carbocycles. The number of aromatic hydroxyl groups is 1. The summed E-state index contributed by atoms with van der Waals surface area (Å²) in [6.45, 7) is 1.81. The molecule has 6 heteroatoms. The standard InChI is InChI=1S/C20H14ClN3O2/c1-13-7-12-17-23(16-10-8-15(21)9-11-16)19(25)18(20(26)24(17)22-13)14-5-3-2-4-6-14/h2-12H,1H3/p+1. The van der Waals surface area contributed by atoms with Crippen LogP contribution in [0.25, 0.3) is 22.5 Å². The van der Waals surface area contributed by atoms with Gasteiger partial charge >= 0.3 is 17.1 Å². The fraction of sp³-hybridized carbons (Fsp3) is 0.0500. The van der Waals surface area contributed by atoms with E-state index in [-0.39, 0.29) is 17.0 Å². The first-order chi connectivity index (χ1) is 12.6. The zero-order valence-electron chi connectivity index (χ0n) is 13.9. The number of aryl methyl sites for hydroxylation is 1. The largest absolute Gasteiger partial charge is 0.477 e. The highest BCUT2D eigenvalue weighted by atomic mass is 35.5. The van der Waals surface area contributed by atoms with Crippen molar-refractivity contribution in [2.24, 2.45) is 0 Å². The molecule has 0 saturated carbocycles. The van der Waals surface area contributed by atoms with E-state index in [1.807, 2.05) is 25.1 Å². The van der Waals surface area contributed by atoms with E-state index in [0.717, 1.165) is 0 Å². The molecule has 5 nitrogen and oxygen atoms in total. The molecule has 0 saturated heterocycles. The first kappa shape index (κ1) is 16.3. The smallest absolute Gasteiger partial charge is 0.375 e. The van der Waals surface area contributed by atoms with Crippen molar-refractivity contribution in [3.05, 3.63) is 87.8 Å². The predicted molar refractivity (Wildman–Crippen MR) is 99.8 cm³/mol. The quantitative estimate of drug-likeness (QED) is 0.555. The lowest BCUT2D eigenvalue weighted by molar-refractivity contribution is -0.580. The van der Waals surface area contributed by atoms with Crippen LogP contribution in [-0.2, 0) is 0 Å². The first-order valence-electron chi connectivity index (χ1n) is 8.05. The summed E-state index contributed by atoms with van der Waals surface area (Å²) in [6, 6.07) is 19.6. The minimum absolute atomic E-state index is 0.144. The van der Waals surface area contributed by atoms with Crippen LogP contribution in [0.2, 0.25) is 5.02 Å². The summed E-state index contributed by atoms with van der Waals surface area (Å²) in [5, 5.41) is 15.9. The van der Waals surface area contributed by atoms with Gasteiger partial charge in [0.2, 0.25) is 0 Å². The maximum Gasteiger partial charge on any atom is 0.375 e. The molecule has 0 bridgehead atoms. The van der Waals surface area contributed by atoms with Crippen molar-refractivity contribution in [3.63, 3.8) is 0 Å². The van der Waals surface area contributed by atoms with Crippen LogP contribution in [-0.4, -0.2) is 14.7 Å². The second-order valence-corrected chi connectivity index (χ2v) is 6.36. The third kappa shape index (κ3) is 2.62. The van der Waals surface area contributed by atoms with Gasteiger partial charge in [0.1, 0.15) is 5.69 Å². The molecule has 0 unspecified atom stereocenters. The highest BCUT2D eigenvalue weighted by Gasteiger charge is 2.27. The number of hydrogen-bond acceptors (Lipinski definition) is 3. The number of benzene rings is 2. The van der Waals surface area contributed by atoms with Gasteiger partial charge in [-0.05, 0) is 42.8 Å². The van der Waals surface area contributed by atoms with Gasteiger partial charge in [0.25, 0.3) is 0 Å². The maximum atomic E-state index is 13.0. The Bertz CT molecular complexity index is 1170. The molecule has 0 aliphatic heterocycles. The van der Waals surface area contributed by atoms with Crippen LogP contribution in [0.1, 0.15) is 5.69 Å². The van der Waals surface area contributed by atoms with Crippen LogP contribution in [0, 0.1) is 6.92 Å². The van der Waals surface area contributed by atoms with E-state index in [1.165, 1.54) is 4.52 Å². The molecular weight excluding hydrogens is 350 g/mol. The Hall–Kier alpha value is -3.18. The third-order valence-corrected chi connectivity index (χ3v) is 4.42. The molecular formula is C20H15ClN3O2+. The molecule has 0 radical (unpaired) electrons. The summed E-state index contributed by atoms with van der Waals surface area (Å²) in [5.41, 5.74) is 2.27. The molecule has 1 N–H and O–H groups in total. The summed E-state index contributed by atoms with van der Waals surface area (Å²) in [4.78, 5) is 13.0. The Morgan fingerprint density at radius 3 is 2.38 bits per heavy atom. The summed E-state index contributed by atoms with van der Waals surface area (Å²) < 4.78 is 2.90. The Labute approximate surface area is 154 Å². The van der Waals surface area contributed by atoms with Crippen molar-refractivity contribution in [1.29, 1.82) is 0 Å². The fourth-order valence-electron chi connectivity index (χ4n) is 2.95. The minimum atomic E-state index is -0.377. The van der Waals surface area contributed by atoms with Gasteiger partial charge in [0.15, 0.2) is 5.56 Å². The predicted octanol–water partition coefficient (Wildman–Crippen LogP) is 3.31. The molecule has 2 heterocycles. The van der Waals surface area contributed by atoms with Crippen LogP contribution < -0.4 is 10.1 Å². The number of nitrogens with zero attached hydrogens (tertiary/aromatic N) is 3. The second kappa shape index (κ2) is 6.28. The molecule has 0 fully saturated rings. The number of fused-ring (bicyclic) bond motifs is 1. The molecule has 4 aromatic rings. The lowest BCUT2D eigenvalue weighted by Crippen LogP contribution is -2.39. The zero-order chi connectivity index (χ0) is 18.3. The Kier molecular flexibility index (Phi) is 3.93. The van der Waals surface area contributed by atoms with Gasteiger partial charge in [-0.1, -0.05) is 51.5 Å². The number of rotatable bonds is 2. The van der Waals surface area contributed by atoms with E-state index in [2.05, 4.69) is 5.10 Å². The number of hydrogen-bond donors (Lipinski definition) is 1.